The molecule has 0 aliphatic heterocycles. The van der Waals surface area contributed by atoms with Gasteiger partial charge in [0.25, 0.3) is 0 Å². The van der Waals surface area contributed by atoms with Crippen LogP contribution >= 0.6 is 0 Å². The first kappa shape index (κ1) is 9.16. The molecule has 0 heterocycles. The molecule has 0 saturated heterocycles. The van der Waals surface area contributed by atoms with Gasteiger partial charge in [-0.15, -0.1) is 6.58 Å². The van der Waals surface area contributed by atoms with Crippen LogP contribution in [0.2, 0.25) is 0 Å². The molecule has 0 fully saturated rings. The lowest BCUT2D eigenvalue weighted by Crippen LogP contribution is -2.28. The largest absolute Gasteiger partial charge is 0.274 e. The van der Waals surface area contributed by atoms with E-state index in [1.54, 1.807) is 4.72 Å². The Morgan fingerprint density at radius 2 is 2.20 bits per heavy atom. The molecule has 0 aromatic rings. The van der Waals surface area contributed by atoms with Gasteiger partial charge in [-0.05, 0) is 0 Å². The third-order valence-electron chi connectivity index (χ3n) is 0.629. The minimum atomic E-state index is -3.39. The predicted octanol–water partition coefficient (Wildman–Crippen LogP) is -0.362. The average molecular weight is 163 g/mol. The van der Waals surface area contributed by atoms with Crippen molar-refractivity contribution in [3.8, 4) is 0 Å². The molecule has 0 unspecified atom stereocenters. The molecular weight excluding hydrogens is 154 g/mol. The van der Waals surface area contributed by atoms with E-state index in [0.717, 1.165) is 6.26 Å². The van der Waals surface area contributed by atoms with Crippen molar-refractivity contribution >= 4 is 15.9 Å². The van der Waals surface area contributed by atoms with Crippen LogP contribution in [0.25, 0.3) is 0 Å². The molecule has 0 aliphatic carbocycles. The molecule has 1 N–H and O–H groups in total. The summed E-state index contributed by atoms with van der Waals surface area (Å²) in [6, 6.07) is 0. The van der Waals surface area contributed by atoms with Crippen LogP contribution in [-0.4, -0.2) is 20.6 Å². The quantitative estimate of drug-likeness (QED) is 0.578. The number of carbonyl (C=O) groups is 1. The van der Waals surface area contributed by atoms with Gasteiger partial charge in [0.2, 0.25) is 15.9 Å². The minimum Gasteiger partial charge on any atom is -0.274 e. The molecule has 5 heteroatoms. The van der Waals surface area contributed by atoms with E-state index in [4.69, 9.17) is 0 Å². The second-order valence-corrected chi connectivity index (χ2v) is 3.54. The van der Waals surface area contributed by atoms with E-state index in [1.165, 1.54) is 6.08 Å². The zero-order valence-corrected chi connectivity index (χ0v) is 6.44. The predicted molar refractivity (Wildman–Crippen MR) is 37.8 cm³/mol. The lowest BCUT2D eigenvalue weighted by Gasteiger charge is -1.97. The van der Waals surface area contributed by atoms with Gasteiger partial charge >= 0.3 is 0 Å². The second-order valence-electron chi connectivity index (χ2n) is 1.79. The highest BCUT2D eigenvalue weighted by molar-refractivity contribution is 7.89. The van der Waals surface area contributed by atoms with Crippen LogP contribution in [0.3, 0.4) is 0 Å². The van der Waals surface area contributed by atoms with Gasteiger partial charge < -0.3 is 0 Å². The van der Waals surface area contributed by atoms with Crippen LogP contribution < -0.4 is 4.72 Å². The molecule has 0 aliphatic rings. The summed E-state index contributed by atoms with van der Waals surface area (Å²) in [5.74, 6) is -0.558. The summed E-state index contributed by atoms with van der Waals surface area (Å²) in [7, 11) is -3.39. The lowest BCUT2D eigenvalue weighted by atomic mass is 10.4. The van der Waals surface area contributed by atoms with Crippen molar-refractivity contribution in [2.24, 2.45) is 0 Å². The fourth-order valence-corrected chi connectivity index (χ4v) is 0.876. The van der Waals surface area contributed by atoms with E-state index in [0.29, 0.717) is 0 Å². The molecule has 1 amide bonds. The van der Waals surface area contributed by atoms with Crippen molar-refractivity contribution in [3.05, 3.63) is 12.7 Å². The zero-order chi connectivity index (χ0) is 8.20. The van der Waals surface area contributed by atoms with Crippen molar-refractivity contribution in [2.45, 2.75) is 6.42 Å². The van der Waals surface area contributed by atoms with Gasteiger partial charge in [-0.2, -0.15) is 0 Å². The summed E-state index contributed by atoms with van der Waals surface area (Å²) in [4.78, 5) is 10.5. The molecule has 10 heavy (non-hydrogen) atoms. The highest BCUT2D eigenvalue weighted by Gasteiger charge is 2.04. The number of sulfonamides is 1. The van der Waals surface area contributed by atoms with Crippen LogP contribution in [0.4, 0.5) is 0 Å². The van der Waals surface area contributed by atoms with E-state index < -0.39 is 15.9 Å². The maximum atomic E-state index is 10.5. The standard InChI is InChI=1S/C5H9NO3S/c1-3-4-5(7)6-10(2,8)9/h3H,1,4H2,2H3,(H,6,7). The average Bonchev–Trinajstić information content (AvgIpc) is 1.59. The Balaban J connectivity index is 3.93. The van der Waals surface area contributed by atoms with E-state index in [1.807, 2.05) is 0 Å². The first-order valence-corrected chi connectivity index (χ1v) is 4.46. The molecule has 58 valence electrons. The van der Waals surface area contributed by atoms with Crippen LogP contribution in [-0.2, 0) is 14.8 Å². The summed E-state index contributed by atoms with van der Waals surface area (Å²) < 4.78 is 22.5. The Morgan fingerprint density at radius 3 is 2.50 bits per heavy atom. The molecular formula is C5H9NO3S. The summed E-state index contributed by atoms with van der Waals surface area (Å²) in [5, 5.41) is 0. The first-order valence-electron chi connectivity index (χ1n) is 2.57. The van der Waals surface area contributed by atoms with Gasteiger partial charge in [0.1, 0.15) is 0 Å². The molecule has 0 spiro atoms. The molecule has 4 nitrogen and oxygen atoms in total. The Morgan fingerprint density at radius 1 is 1.70 bits per heavy atom. The number of carbonyl (C=O) groups excluding carboxylic acids is 1. The molecule has 0 saturated carbocycles. The normalized spacial score (nSPS) is 10.5. The van der Waals surface area contributed by atoms with Crippen molar-refractivity contribution < 1.29 is 13.2 Å². The number of amides is 1. The van der Waals surface area contributed by atoms with Gasteiger partial charge in [-0.25, -0.2) is 8.42 Å². The molecule has 0 atom stereocenters. The first-order chi connectivity index (χ1) is 4.45. The lowest BCUT2D eigenvalue weighted by molar-refractivity contribution is -0.118. The number of rotatable bonds is 3. The van der Waals surface area contributed by atoms with E-state index >= 15 is 0 Å². The van der Waals surface area contributed by atoms with E-state index in [9.17, 15) is 13.2 Å². The van der Waals surface area contributed by atoms with Crippen LogP contribution in [0.15, 0.2) is 12.7 Å². The number of hydrogen-bond donors (Lipinski definition) is 1. The third kappa shape index (κ3) is 5.30. The summed E-state index contributed by atoms with van der Waals surface area (Å²) in [5.41, 5.74) is 0. The zero-order valence-electron chi connectivity index (χ0n) is 5.62. The molecule has 0 bridgehead atoms. The SMILES string of the molecule is C=CCC(=O)NS(C)(=O)=O. The Kier molecular flexibility index (Phi) is 3.08. The highest BCUT2D eigenvalue weighted by Crippen LogP contribution is 1.81. The second kappa shape index (κ2) is 3.36. The molecule has 0 aromatic carbocycles. The van der Waals surface area contributed by atoms with Gasteiger partial charge in [-0.1, -0.05) is 6.08 Å². The van der Waals surface area contributed by atoms with Crippen LogP contribution in [0.1, 0.15) is 6.42 Å². The molecule has 0 aromatic heterocycles. The maximum Gasteiger partial charge on any atom is 0.237 e. The molecule has 0 radical (unpaired) electrons. The van der Waals surface area contributed by atoms with Gasteiger partial charge in [0.15, 0.2) is 0 Å². The van der Waals surface area contributed by atoms with E-state index in [-0.39, 0.29) is 6.42 Å². The van der Waals surface area contributed by atoms with Gasteiger partial charge in [0, 0.05) is 6.42 Å². The van der Waals surface area contributed by atoms with E-state index in [2.05, 4.69) is 6.58 Å². The highest BCUT2D eigenvalue weighted by atomic mass is 32.2. The van der Waals surface area contributed by atoms with Gasteiger partial charge in [-0.3, -0.25) is 9.52 Å². The van der Waals surface area contributed by atoms with Gasteiger partial charge in [0.05, 0.1) is 6.26 Å². The fourth-order valence-electron chi connectivity index (χ4n) is 0.380. The van der Waals surface area contributed by atoms with Crippen molar-refractivity contribution in [2.75, 3.05) is 6.26 Å². The summed E-state index contributed by atoms with van der Waals surface area (Å²) in [6.45, 7) is 3.28. The summed E-state index contributed by atoms with van der Waals surface area (Å²) >= 11 is 0. The number of hydrogen-bond acceptors (Lipinski definition) is 3. The van der Waals surface area contributed by atoms with Crippen molar-refractivity contribution in [1.29, 1.82) is 0 Å². The maximum absolute atomic E-state index is 10.5. The van der Waals surface area contributed by atoms with Crippen LogP contribution in [0.5, 0.6) is 0 Å². The number of nitrogens with one attached hydrogen (secondary N) is 1. The van der Waals surface area contributed by atoms with Crippen molar-refractivity contribution in [3.63, 3.8) is 0 Å². The Labute approximate surface area is 60.0 Å². The fraction of sp³-hybridized carbons (Fsp3) is 0.400. The Hall–Kier alpha value is -0.840. The Bertz CT molecular complexity index is 229. The monoisotopic (exact) mass is 163 g/mol. The van der Waals surface area contributed by atoms with Crippen molar-refractivity contribution in [1.82, 2.24) is 4.72 Å². The topological polar surface area (TPSA) is 63.2 Å². The summed E-state index contributed by atoms with van der Waals surface area (Å²) in [6.07, 6.45) is 2.28. The smallest absolute Gasteiger partial charge is 0.237 e. The third-order valence-corrected chi connectivity index (χ3v) is 1.23. The minimum absolute atomic E-state index is 0.0209. The molecule has 0 rings (SSSR count). The van der Waals surface area contributed by atoms with Crippen LogP contribution in [0, 0.1) is 0 Å².